The van der Waals surface area contributed by atoms with Gasteiger partial charge in [-0.1, -0.05) is 43.7 Å². The number of nitrogens with zero attached hydrogens (tertiary/aromatic N) is 1. The van der Waals surface area contributed by atoms with E-state index < -0.39 is 0 Å². The summed E-state index contributed by atoms with van der Waals surface area (Å²) < 4.78 is 6.06. The molecule has 0 spiro atoms. The van der Waals surface area contributed by atoms with Crippen LogP contribution in [0.3, 0.4) is 0 Å². The second-order valence-electron chi connectivity index (χ2n) is 6.91. The Kier molecular flexibility index (Phi) is 4.40. The number of aryl methyl sites for hydroxylation is 1. The molecule has 0 unspecified atom stereocenters. The molecule has 0 N–H and O–H groups in total. The van der Waals surface area contributed by atoms with Crippen LogP contribution in [-0.4, -0.2) is 18.0 Å². The first-order chi connectivity index (χ1) is 11.8. The molecule has 2 heterocycles. The minimum absolute atomic E-state index is 0.966. The van der Waals surface area contributed by atoms with Crippen LogP contribution in [0.5, 0.6) is 0 Å². The largest absolute Gasteiger partial charge is 0.456 e. The van der Waals surface area contributed by atoms with Gasteiger partial charge in [0.15, 0.2) is 0 Å². The maximum absolute atomic E-state index is 6.06. The van der Waals surface area contributed by atoms with E-state index in [0.717, 1.165) is 29.9 Å². The molecule has 24 heavy (non-hydrogen) atoms. The van der Waals surface area contributed by atoms with Crippen molar-refractivity contribution >= 4 is 11.0 Å². The van der Waals surface area contributed by atoms with Crippen LogP contribution >= 0.6 is 0 Å². The smallest absolute Gasteiger partial charge is 0.135 e. The zero-order valence-corrected chi connectivity index (χ0v) is 14.4. The SMILES string of the molecule is CCCCc1ccc2oc(-c3ccc(CN4CCC4)cc3)cc2c1. The highest BCUT2D eigenvalue weighted by Crippen LogP contribution is 2.29. The summed E-state index contributed by atoms with van der Waals surface area (Å²) in [7, 11) is 0. The van der Waals surface area contributed by atoms with Gasteiger partial charge >= 0.3 is 0 Å². The van der Waals surface area contributed by atoms with Crippen LogP contribution in [0.2, 0.25) is 0 Å². The molecular weight excluding hydrogens is 294 g/mol. The fraction of sp³-hybridized carbons (Fsp3) is 0.364. The van der Waals surface area contributed by atoms with E-state index in [9.17, 15) is 0 Å². The maximum atomic E-state index is 6.06. The fourth-order valence-corrected chi connectivity index (χ4v) is 3.34. The summed E-state index contributed by atoms with van der Waals surface area (Å²) in [6.45, 7) is 5.79. The lowest BCUT2D eigenvalue weighted by atomic mass is 10.1. The van der Waals surface area contributed by atoms with E-state index in [0.29, 0.717) is 0 Å². The molecule has 4 rings (SSSR count). The topological polar surface area (TPSA) is 16.4 Å². The summed E-state index contributed by atoms with van der Waals surface area (Å²) in [6.07, 6.45) is 4.97. The predicted molar refractivity (Wildman–Crippen MR) is 100 cm³/mol. The van der Waals surface area contributed by atoms with E-state index in [1.54, 1.807) is 0 Å². The molecule has 0 saturated carbocycles. The van der Waals surface area contributed by atoms with Crippen LogP contribution in [0, 0.1) is 0 Å². The van der Waals surface area contributed by atoms with Gasteiger partial charge in [-0.25, -0.2) is 0 Å². The van der Waals surface area contributed by atoms with Gasteiger partial charge in [0.2, 0.25) is 0 Å². The lowest BCUT2D eigenvalue weighted by Gasteiger charge is -2.30. The van der Waals surface area contributed by atoms with Crippen molar-refractivity contribution in [1.82, 2.24) is 4.90 Å². The highest BCUT2D eigenvalue weighted by atomic mass is 16.3. The van der Waals surface area contributed by atoms with Crippen LogP contribution in [0.15, 0.2) is 52.9 Å². The molecule has 124 valence electrons. The van der Waals surface area contributed by atoms with Crippen molar-refractivity contribution in [3.63, 3.8) is 0 Å². The molecule has 0 amide bonds. The Labute approximate surface area is 144 Å². The van der Waals surface area contributed by atoms with Crippen molar-refractivity contribution in [1.29, 1.82) is 0 Å². The summed E-state index contributed by atoms with van der Waals surface area (Å²) in [5, 5.41) is 1.21. The number of likely N-dealkylation sites (tertiary alicyclic amines) is 1. The molecule has 0 atom stereocenters. The van der Waals surface area contributed by atoms with Gasteiger partial charge in [0.25, 0.3) is 0 Å². The lowest BCUT2D eigenvalue weighted by molar-refractivity contribution is 0.172. The van der Waals surface area contributed by atoms with Crippen molar-refractivity contribution in [2.75, 3.05) is 13.1 Å². The molecule has 2 aromatic carbocycles. The minimum Gasteiger partial charge on any atom is -0.456 e. The van der Waals surface area contributed by atoms with Crippen LogP contribution in [0.4, 0.5) is 0 Å². The zero-order chi connectivity index (χ0) is 16.4. The lowest BCUT2D eigenvalue weighted by Crippen LogP contribution is -2.36. The standard InChI is InChI=1S/C22H25NO/c1-2-3-5-17-8-11-21-20(14-17)15-22(24-21)19-9-6-18(7-10-19)16-23-12-4-13-23/h6-11,14-15H,2-5,12-13,16H2,1H3. The second kappa shape index (κ2) is 6.82. The number of unbranched alkanes of at least 4 members (excludes halogenated alkanes) is 1. The minimum atomic E-state index is 0.966. The highest BCUT2D eigenvalue weighted by molar-refractivity contribution is 5.83. The van der Waals surface area contributed by atoms with E-state index in [2.05, 4.69) is 60.4 Å². The average Bonchev–Trinajstić information content (AvgIpc) is 3.00. The van der Waals surface area contributed by atoms with E-state index in [-0.39, 0.29) is 0 Å². The van der Waals surface area contributed by atoms with Crippen molar-refractivity contribution < 1.29 is 4.42 Å². The first-order valence-electron chi connectivity index (χ1n) is 9.16. The summed E-state index contributed by atoms with van der Waals surface area (Å²) in [6, 6.07) is 17.6. The van der Waals surface area contributed by atoms with Gasteiger partial charge in [0.1, 0.15) is 11.3 Å². The maximum Gasteiger partial charge on any atom is 0.135 e. The molecule has 0 aliphatic carbocycles. The highest BCUT2D eigenvalue weighted by Gasteiger charge is 2.14. The van der Waals surface area contributed by atoms with Crippen LogP contribution in [-0.2, 0) is 13.0 Å². The third-order valence-corrected chi connectivity index (χ3v) is 4.99. The van der Waals surface area contributed by atoms with Gasteiger partial charge in [-0.05, 0) is 61.7 Å². The molecule has 2 nitrogen and oxygen atoms in total. The van der Waals surface area contributed by atoms with Crippen LogP contribution in [0.25, 0.3) is 22.3 Å². The molecule has 1 saturated heterocycles. The Morgan fingerprint density at radius 3 is 2.46 bits per heavy atom. The second-order valence-corrected chi connectivity index (χ2v) is 6.91. The molecule has 3 aromatic rings. The van der Waals surface area contributed by atoms with Gasteiger partial charge in [-0.2, -0.15) is 0 Å². The third-order valence-electron chi connectivity index (χ3n) is 4.99. The van der Waals surface area contributed by atoms with Crippen LogP contribution in [0.1, 0.15) is 37.3 Å². The Balaban J connectivity index is 1.54. The Morgan fingerprint density at radius 2 is 1.75 bits per heavy atom. The number of furan rings is 1. The zero-order valence-electron chi connectivity index (χ0n) is 14.4. The molecule has 1 fully saturated rings. The first kappa shape index (κ1) is 15.5. The molecular formula is C22H25NO. The van der Waals surface area contributed by atoms with E-state index >= 15 is 0 Å². The van der Waals surface area contributed by atoms with Gasteiger partial charge in [-0.3, -0.25) is 4.90 Å². The van der Waals surface area contributed by atoms with Crippen molar-refractivity contribution in [3.05, 3.63) is 59.7 Å². The number of rotatable bonds is 6. The quantitative estimate of drug-likeness (QED) is 0.584. The summed E-state index contributed by atoms with van der Waals surface area (Å²) in [5.74, 6) is 0.966. The van der Waals surface area contributed by atoms with E-state index in [1.165, 1.54) is 48.9 Å². The Hall–Kier alpha value is -2.06. The summed E-state index contributed by atoms with van der Waals surface area (Å²) in [5.41, 5.74) is 4.93. The van der Waals surface area contributed by atoms with Crippen molar-refractivity contribution in [2.45, 2.75) is 39.2 Å². The first-order valence-corrected chi connectivity index (χ1v) is 9.16. The average molecular weight is 319 g/mol. The summed E-state index contributed by atoms with van der Waals surface area (Å²) in [4.78, 5) is 2.48. The van der Waals surface area contributed by atoms with Gasteiger partial charge in [0.05, 0.1) is 0 Å². The van der Waals surface area contributed by atoms with E-state index in [4.69, 9.17) is 4.42 Å². The van der Waals surface area contributed by atoms with E-state index in [1.807, 2.05) is 0 Å². The normalized spacial score (nSPS) is 14.9. The number of hydrogen-bond acceptors (Lipinski definition) is 2. The van der Waals surface area contributed by atoms with Gasteiger partial charge in [-0.15, -0.1) is 0 Å². The molecule has 2 heteroatoms. The molecule has 0 bridgehead atoms. The van der Waals surface area contributed by atoms with Gasteiger partial charge < -0.3 is 4.42 Å². The molecule has 1 aromatic heterocycles. The molecule has 1 aliphatic heterocycles. The van der Waals surface area contributed by atoms with Gasteiger partial charge in [0, 0.05) is 17.5 Å². The summed E-state index contributed by atoms with van der Waals surface area (Å²) >= 11 is 0. The fourth-order valence-electron chi connectivity index (χ4n) is 3.34. The van der Waals surface area contributed by atoms with Crippen molar-refractivity contribution in [3.8, 4) is 11.3 Å². The number of fused-ring (bicyclic) bond motifs is 1. The Morgan fingerprint density at radius 1 is 0.958 bits per heavy atom. The monoisotopic (exact) mass is 319 g/mol. The predicted octanol–water partition coefficient (Wildman–Crippen LogP) is 5.65. The Bertz CT molecular complexity index is 812. The third kappa shape index (κ3) is 3.25. The van der Waals surface area contributed by atoms with Crippen LogP contribution < -0.4 is 0 Å². The van der Waals surface area contributed by atoms with Crippen molar-refractivity contribution in [2.24, 2.45) is 0 Å². The number of benzene rings is 2. The molecule has 1 aliphatic rings. The number of hydrogen-bond donors (Lipinski definition) is 0. The molecule has 0 radical (unpaired) electrons.